The summed E-state index contributed by atoms with van der Waals surface area (Å²) in [5.41, 5.74) is -2.27. The maximum absolute atomic E-state index is 11.4. The van der Waals surface area contributed by atoms with Gasteiger partial charge >= 0.3 is 0 Å². The minimum atomic E-state index is -2.06. The molecule has 0 bridgehead atoms. The fourth-order valence-electron chi connectivity index (χ4n) is 1.47. The zero-order valence-corrected chi connectivity index (χ0v) is 8.42. The quantitative estimate of drug-likeness (QED) is 0.617. The van der Waals surface area contributed by atoms with Crippen LogP contribution in [0.3, 0.4) is 0 Å². The molecule has 2 N–H and O–H groups in total. The van der Waals surface area contributed by atoms with Crippen LogP contribution in [0.15, 0.2) is 0 Å². The molecule has 4 heteroatoms. The zero-order chi connectivity index (χ0) is 10.5. The summed E-state index contributed by atoms with van der Waals surface area (Å²) >= 11 is 0. The predicted molar refractivity (Wildman–Crippen MR) is 46.0 cm³/mol. The summed E-state index contributed by atoms with van der Waals surface area (Å²) in [6.45, 7) is 6.11. The van der Waals surface area contributed by atoms with Crippen molar-refractivity contribution in [1.29, 1.82) is 0 Å². The van der Waals surface area contributed by atoms with Gasteiger partial charge in [-0.25, -0.2) is 0 Å². The first kappa shape index (κ1) is 10.6. The van der Waals surface area contributed by atoms with E-state index in [0.717, 1.165) is 0 Å². The monoisotopic (exact) mass is 188 g/mol. The van der Waals surface area contributed by atoms with E-state index in [1.165, 1.54) is 13.8 Å². The number of carbonyl (C=O) groups excluding carboxylic acids is 1. The van der Waals surface area contributed by atoms with Crippen molar-refractivity contribution in [3.8, 4) is 0 Å². The second kappa shape index (κ2) is 2.53. The molecule has 1 rings (SSSR count). The van der Waals surface area contributed by atoms with Gasteiger partial charge in [0, 0.05) is 6.42 Å². The fourth-order valence-corrected chi connectivity index (χ4v) is 1.47. The van der Waals surface area contributed by atoms with E-state index in [1.54, 1.807) is 13.8 Å². The second-order valence-corrected chi connectivity index (χ2v) is 4.66. The summed E-state index contributed by atoms with van der Waals surface area (Å²) in [5, 5.41) is 19.4. The Balaban J connectivity index is 3.01. The Morgan fingerprint density at radius 2 is 1.92 bits per heavy atom. The number of hydrogen-bond donors (Lipinski definition) is 2. The lowest BCUT2D eigenvalue weighted by molar-refractivity contribution is -0.278. The summed E-state index contributed by atoms with van der Waals surface area (Å²) in [6, 6.07) is 0. The summed E-state index contributed by atoms with van der Waals surface area (Å²) < 4.78 is 5.17. The molecule has 0 aromatic heterocycles. The average molecular weight is 188 g/mol. The van der Waals surface area contributed by atoms with Gasteiger partial charge in [-0.15, -0.1) is 0 Å². The van der Waals surface area contributed by atoms with Crippen LogP contribution in [-0.2, 0) is 9.53 Å². The molecule has 4 nitrogen and oxygen atoms in total. The number of aliphatic hydroxyl groups is 2. The number of hydrogen-bond acceptors (Lipinski definition) is 4. The van der Waals surface area contributed by atoms with Crippen molar-refractivity contribution < 1.29 is 19.7 Å². The van der Waals surface area contributed by atoms with E-state index >= 15 is 0 Å². The second-order valence-electron chi connectivity index (χ2n) is 4.66. The molecule has 0 amide bonds. The molecule has 0 spiro atoms. The molecule has 0 aromatic rings. The van der Waals surface area contributed by atoms with Crippen LogP contribution in [-0.4, -0.2) is 33.0 Å². The molecule has 1 fully saturated rings. The van der Waals surface area contributed by atoms with Gasteiger partial charge in [-0.05, 0) is 27.7 Å². The molecule has 1 heterocycles. The van der Waals surface area contributed by atoms with E-state index in [0.29, 0.717) is 0 Å². The third kappa shape index (κ3) is 1.61. The lowest BCUT2D eigenvalue weighted by Crippen LogP contribution is -2.55. The molecule has 1 saturated heterocycles. The normalized spacial score (nSPS) is 33.8. The maximum atomic E-state index is 11.4. The largest absolute Gasteiger partial charge is 0.384 e. The minimum Gasteiger partial charge on any atom is -0.384 e. The highest BCUT2D eigenvalue weighted by molar-refractivity contribution is 5.89. The van der Waals surface area contributed by atoms with Crippen LogP contribution >= 0.6 is 0 Å². The Morgan fingerprint density at radius 3 is 2.08 bits per heavy atom. The molecule has 0 aliphatic carbocycles. The minimum absolute atomic E-state index is 0.119. The summed E-state index contributed by atoms with van der Waals surface area (Å²) in [7, 11) is 0. The van der Waals surface area contributed by atoms with Crippen molar-refractivity contribution in [2.24, 2.45) is 0 Å². The van der Waals surface area contributed by atoms with Crippen LogP contribution in [0.25, 0.3) is 0 Å². The van der Waals surface area contributed by atoms with Crippen molar-refractivity contribution in [2.45, 2.75) is 51.1 Å². The molecule has 1 aliphatic heterocycles. The van der Waals surface area contributed by atoms with Gasteiger partial charge in [-0.2, -0.15) is 0 Å². The van der Waals surface area contributed by atoms with Gasteiger partial charge in [0.1, 0.15) is 5.60 Å². The Bertz CT molecular complexity index is 238. The lowest BCUT2D eigenvalue weighted by Gasteiger charge is -2.34. The van der Waals surface area contributed by atoms with Gasteiger partial charge in [-0.3, -0.25) is 4.79 Å². The number of carbonyl (C=O) groups is 1. The van der Waals surface area contributed by atoms with Crippen LogP contribution in [0, 0.1) is 0 Å². The number of ether oxygens (including phenoxy) is 1. The Kier molecular flexibility index (Phi) is 2.07. The highest BCUT2D eigenvalue weighted by Crippen LogP contribution is 2.39. The van der Waals surface area contributed by atoms with E-state index < -0.39 is 22.8 Å². The van der Waals surface area contributed by atoms with E-state index in [9.17, 15) is 15.0 Å². The van der Waals surface area contributed by atoms with Crippen LogP contribution in [0.5, 0.6) is 0 Å². The van der Waals surface area contributed by atoms with Gasteiger partial charge < -0.3 is 14.9 Å². The number of rotatable bonds is 1. The fraction of sp³-hybridized carbons (Fsp3) is 0.889. The topological polar surface area (TPSA) is 66.8 Å². The van der Waals surface area contributed by atoms with Gasteiger partial charge in [0.15, 0.2) is 5.78 Å². The zero-order valence-electron chi connectivity index (χ0n) is 8.42. The van der Waals surface area contributed by atoms with E-state index in [2.05, 4.69) is 0 Å². The highest BCUT2D eigenvalue weighted by Gasteiger charge is 2.58. The summed E-state index contributed by atoms with van der Waals surface area (Å²) in [5.74, 6) is -2.53. The van der Waals surface area contributed by atoms with Gasteiger partial charge in [0.05, 0.1) is 5.60 Å². The van der Waals surface area contributed by atoms with Gasteiger partial charge in [0.2, 0.25) is 0 Å². The van der Waals surface area contributed by atoms with E-state index in [4.69, 9.17) is 4.74 Å². The van der Waals surface area contributed by atoms with Crippen molar-refractivity contribution in [3.63, 3.8) is 0 Å². The Labute approximate surface area is 77.5 Å². The third-order valence-corrected chi connectivity index (χ3v) is 2.22. The average Bonchev–Trinajstić information content (AvgIpc) is 2.00. The first-order chi connectivity index (χ1) is 5.58. The van der Waals surface area contributed by atoms with Crippen LogP contribution in [0.4, 0.5) is 0 Å². The predicted octanol–water partition coefficient (Wildman–Crippen LogP) is 0.214. The smallest absolute Gasteiger partial charge is 0.256 e. The molecule has 13 heavy (non-hydrogen) atoms. The molecule has 0 saturated carbocycles. The molecule has 76 valence electrons. The first-order valence-electron chi connectivity index (χ1n) is 4.27. The van der Waals surface area contributed by atoms with Crippen molar-refractivity contribution in [1.82, 2.24) is 0 Å². The molecular formula is C9H16O4. The third-order valence-electron chi connectivity index (χ3n) is 2.22. The summed E-state index contributed by atoms with van der Waals surface area (Å²) in [6.07, 6.45) is 0.119. The van der Waals surface area contributed by atoms with Crippen molar-refractivity contribution in [2.75, 3.05) is 0 Å². The van der Waals surface area contributed by atoms with Gasteiger partial charge in [-0.1, -0.05) is 0 Å². The first-order valence-corrected chi connectivity index (χ1v) is 4.27. The highest BCUT2D eigenvalue weighted by atomic mass is 16.7. The van der Waals surface area contributed by atoms with Crippen LogP contribution in [0.1, 0.15) is 34.1 Å². The van der Waals surface area contributed by atoms with Crippen LogP contribution < -0.4 is 0 Å². The molecular weight excluding hydrogens is 172 g/mol. The summed E-state index contributed by atoms with van der Waals surface area (Å²) in [4.78, 5) is 11.4. The van der Waals surface area contributed by atoms with Crippen molar-refractivity contribution in [3.05, 3.63) is 0 Å². The van der Waals surface area contributed by atoms with Gasteiger partial charge in [0.25, 0.3) is 5.79 Å². The molecule has 0 radical (unpaired) electrons. The maximum Gasteiger partial charge on any atom is 0.256 e. The standard InChI is InChI=1S/C9H16O4/c1-7(2)5-6(10)9(12,13-7)8(3,4)11/h11-12H,5H2,1-4H3. The van der Waals surface area contributed by atoms with Crippen LogP contribution in [0.2, 0.25) is 0 Å². The molecule has 1 unspecified atom stereocenters. The van der Waals surface area contributed by atoms with E-state index in [-0.39, 0.29) is 6.42 Å². The number of ketones is 1. The van der Waals surface area contributed by atoms with Crippen molar-refractivity contribution >= 4 is 5.78 Å². The molecule has 1 aliphatic rings. The SMILES string of the molecule is CC1(C)CC(=O)C(O)(C(C)(C)O)O1. The number of Topliss-reactive ketones (excluding diaryl/α,β-unsaturated/α-hetero) is 1. The molecule has 0 aromatic carbocycles. The van der Waals surface area contributed by atoms with E-state index in [1.807, 2.05) is 0 Å². The lowest BCUT2D eigenvalue weighted by atomic mass is 9.92. The Morgan fingerprint density at radius 1 is 1.46 bits per heavy atom. The molecule has 1 atom stereocenters. The Hall–Kier alpha value is -0.450.